The fraction of sp³-hybridized carbons (Fsp3) is 0.600. The third kappa shape index (κ3) is 20.3. The molecule has 0 bridgehead atoms. The SMILES string of the molecule is O=C([O-])CN(CCN(CC(=O)[O-])CC(=O)O)CC(=O)O.[Cu+2].[Na+].[Na+]. The largest absolute Gasteiger partial charge is 2.00 e. The molecule has 0 unspecified atom stereocenters. The van der Waals surface area contributed by atoms with Gasteiger partial charge in [-0.05, 0) is 0 Å². The minimum atomic E-state index is -1.49. The van der Waals surface area contributed by atoms with Gasteiger partial charge < -0.3 is 30.0 Å². The van der Waals surface area contributed by atoms with Crippen molar-refractivity contribution in [3.05, 3.63) is 0 Å². The Kier molecular flexibility index (Phi) is 23.2. The predicted octanol–water partition coefficient (Wildman–Crippen LogP) is -10.7. The second kappa shape index (κ2) is 17.2. The van der Waals surface area contributed by atoms with Crippen molar-refractivity contribution in [1.29, 1.82) is 0 Å². The molecule has 2 N–H and O–H groups in total. The van der Waals surface area contributed by atoms with Crippen LogP contribution >= 0.6 is 0 Å². The van der Waals surface area contributed by atoms with Gasteiger partial charge in [0.15, 0.2) is 0 Å². The number of hydrogen-bond acceptors (Lipinski definition) is 8. The zero-order valence-corrected chi connectivity index (χ0v) is 17.7. The minimum absolute atomic E-state index is 0. The fourth-order valence-corrected chi connectivity index (χ4v) is 1.46. The Labute approximate surface area is 187 Å². The van der Waals surface area contributed by atoms with Gasteiger partial charge in [-0.25, -0.2) is 0 Å². The quantitative estimate of drug-likeness (QED) is 0.319. The van der Waals surface area contributed by atoms with E-state index in [4.69, 9.17) is 10.2 Å². The number of rotatable bonds is 11. The smallest absolute Gasteiger partial charge is 0.549 e. The first-order valence-corrected chi connectivity index (χ1v) is 5.48. The molecule has 0 amide bonds. The normalized spacial score (nSPS) is 9.30. The maximum absolute atomic E-state index is 10.5. The number of hydrogen-bond donors (Lipinski definition) is 2. The Balaban J connectivity index is -0.000000602. The Morgan fingerprint density at radius 2 is 0.957 bits per heavy atom. The zero-order valence-electron chi connectivity index (χ0n) is 12.8. The standard InChI is InChI=1S/C10H16N2O8.Cu.2Na/c13-7(14)3-11(4-8(15)16)1-2-12(5-9(17)18)6-10(19)20;;;/h1-6H2,(H,13,14)(H,15,16)(H,17,18)(H,19,20);;;/q;+2;2*+1/p-2. The van der Waals surface area contributed by atoms with E-state index in [-0.39, 0.29) is 89.3 Å². The molecule has 0 atom stereocenters. The summed E-state index contributed by atoms with van der Waals surface area (Å²) in [5.41, 5.74) is 0. The number of carbonyl (C=O) groups is 4. The van der Waals surface area contributed by atoms with Crippen LogP contribution in [0.1, 0.15) is 0 Å². The molecule has 0 aromatic carbocycles. The van der Waals surface area contributed by atoms with Gasteiger partial charge >= 0.3 is 88.1 Å². The van der Waals surface area contributed by atoms with E-state index in [1.54, 1.807) is 0 Å². The maximum atomic E-state index is 10.5. The number of carboxylic acid groups (broad SMARTS) is 4. The predicted molar refractivity (Wildman–Crippen MR) is 58.2 cm³/mol. The fourth-order valence-electron chi connectivity index (χ4n) is 1.46. The molecule has 0 aromatic heterocycles. The number of carbonyl (C=O) groups excluding carboxylic acids is 2. The average molecular weight is 400 g/mol. The number of carboxylic acids is 4. The molecule has 0 aliphatic rings. The van der Waals surface area contributed by atoms with Crippen LogP contribution in [0.3, 0.4) is 0 Å². The van der Waals surface area contributed by atoms with Gasteiger partial charge in [0.25, 0.3) is 0 Å². The Hall–Kier alpha value is 0.319. The Morgan fingerprint density at radius 3 is 1.13 bits per heavy atom. The first kappa shape index (κ1) is 31.1. The molecule has 13 heteroatoms. The molecule has 0 aliphatic heterocycles. The minimum Gasteiger partial charge on any atom is -0.549 e. The van der Waals surface area contributed by atoms with Crippen LogP contribution in [0, 0.1) is 0 Å². The second-order valence-corrected chi connectivity index (χ2v) is 3.95. The summed E-state index contributed by atoms with van der Waals surface area (Å²) in [6.07, 6.45) is 0. The van der Waals surface area contributed by atoms with E-state index >= 15 is 0 Å². The van der Waals surface area contributed by atoms with E-state index in [0.717, 1.165) is 9.80 Å². The molecule has 0 spiro atoms. The average Bonchev–Trinajstić information content (AvgIpc) is 2.22. The molecule has 0 saturated carbocycles. The summed E-state index contributed by atoms with van der Waals surface area (Å²) in [6.45, 7) is -2.75. The summed E-state index contributed by atoms with van der Waals surface area (Å²) in [5.74, 6) is -5.52. The maximum Gasteiger partial charge on any atom is 2.00 e. The second-order valence-electron chi connectivity index (χ2n) is 3.95. The first-order chi connectivity index (χ1) is 9.20. The number of aliphatic carboxylic acids is 4. The first-order valence-electron chi connectivity index (χ1n) is 5.48. The van der Waals surface area contributed by atoms with E-state index < -0.39 is 50.1 Å². The van der Waals surface area contributed by atoms with Crippen molar-refractivity contribution in [1.82, 2.24) is 9.80 Å². The van der Waals surface area contributed by atoms with Gasteiger partial charge in [0.05, 0.1) is 25.0 Å². The molecule has 0 aliphatic carbocycles. The van der Waals surface area contributed by atoms with Crippen LogP contribution in [0.2, 0.25) is 0 Å². The molecule has 0 fully saturated rings. The molecular formula is C10H14CuN2Na2O8+2. The van der Waals surface area contributed by atoms with Gasteiger partial charge in [0, 0.05) is 26.2 Å². The summed E-state index contributed by atoms with van der Waals surface area (Å²) in [4.78, 5) is 43.9. The van der Waals surface area contributed by atoms with Crippen LogP contribution < -0.4 is 69.3 Å². The van der Waals surface area contributed by atoms with Crippen molar-refractivity contribution in [2.75, 3.05) is 39.3 Å². The zero-order chi connectivity index (χ0) is 15.7. The van der Waals surface area contributed by atoms with E-state index in [1.165, 1.54) is 0 Å². The van der Waals surface area contributed by atoms with Crippen molar-refractivity contribution < 1.29 is 116 Å². The third-order valence-corrected chi connectivity index (χ3v) is 2.16. The van der Waals surface area contributed by atoms with Crippen molar-refractivity contribution in [3.8, 4) is 0 Å². The van der Waals surface area contributed by atoms with Crippen molar-refractivity contribution in [2.45, 2.75) is 0 Å². The van der Waals surface area contributed by atoms with Gasteiger partial charge in [-0.15, -0.1) is 0 Å². The van der Waals surface area contributed by atoms with Crippen LogP contribution in [-0.2, 0) is 36.2 Å². The third-order valence-electron chi connectivity index (χ3n) is 2.16. The summed E-state index contributed by atoms with van der Waals surface area (Å²) in [5, 5.41) is 38.0. The van der Waals surface area contributed by atoms with Crippen molar-refractivity contribution in [3.63, 3.8) is 0 Å². The van der Waals surface area contributed by atoms with E-state index in [2.05, 4.69) is 0 Å². The van der Waals surface area contributed by atoms with Gasteiger partial charge in [-0.2, -0.15) is 0 Å². The van der Waals surface area contributed by atoms with E-state index in [9.17, 15) is 29.4 Å². The molecule has 10 nitrogen and oxygen atoms in total. The summed E-state index contributed by atoms with van der Waals surface area (Å²) in [6, 6.07) is 0. The van der Waals surface area contributed by atoms with Crippen LogP contribution in [0.4, 0.5) is 0 Å². The van der Waals surface area contributed by atoms with Crippen LogP contribution in [-0.4, -0.2) is 83.2 Å². The molecular weight excluding hydrogens is 386 g/mol. The van der Waals surface area contributed by atoms with Crippen molar-refractivity contribution in [2.24, 2.45) is 0 Å². The monoisotopic (exact) mass is 399 g/mol. The molecule has 123 valence electrons. The Morgan fingerprint density at radius 1 is 0.696 bits per heavy atom. The van der Waals surface area contributed by atoms with Gasteiger partial charge in [0.2, 0.25) is 0 Å². The molecule has 0 heterocycles. The molecule has 1 radical (unpaired) electrons. The number of nitrogens with zero attached hydrogens (tertiary/aromatic N) is 2. The summed E-state index contributed by atoms with van der Waals surface area (Å²) in [7, 11) is 0. The van der Waals surface area contributed by atoms with Crippen LogP contribution in [0.15, 0.2) is 0 Å². The van der Waals surface area contributed by atoms with Crippen molar-refractivity contribution >= 4 is 23.9 Å². The van der Waals surface area contributed by atoms with E-state index in [0.29, 0.717) is 0 Å². The van der Waals surface area contributed by atoms with Gasteiger partial charge in [0.1, 0.15) is 0 Å². The molecule has 0 rings (SSSR count). The van der Waals surface area contributed by atoms with Crippen LogP contribution in [0.25, 0.3) is 0 Å². The Bertz CT molecular complexity index is 331. The summed E-state index contributed by atoms with van der Waals surface area (Å²) < 4.78 is 0. The molecule has 23 heavy (non-hydrogen) atoms. The topological polar surface area (TPSA) is 161 Å². The van der Waals surface area contributed by atoms with E-state index in [1.807, 2.05) is 0 Å². The molecule has 0 saturated heterocycles. The summed E-state index contributed by atoms with van der Waals surface area (Å²) >= 11 is 0. The van der Waals surface area contributed by atoms with Gasteiger partial charge in [-0.3, -0.25) is 19.4 Å². The van der Waals surface area contributed by atoms with Crippen LogP contribution in [0.5, 0.6) is 0 Å². The molecule has 0 aromatic rings. The van der Waals surface area contributed by atoms with Gasteiger partial charge in [-0.1, -0.05) is 0 Å².